The lowest BCUT2D eigenvalue weighted by atomic mass is 10.1. The SMILES string of the molecule is COc1cccc(-c2cc(N)n(-c3ccccc3Br)n2)c1. The summed E-state index contributed by atoms with van der Waals surface area (Å²) in [5.41, 5.74) is 8.78. The second-order valence-electron chi connectivity index (χ2n) is 4.55. The Hall–Kier alpha value is -2.27. The Kier molecular flexibility index (Phi) is 3.66. The average molecular weight is 344 g/mol. The van der Waals surface area contributed by atoms with Crippen LogP contribution in [0.4, 0.5) is 5.82 Å². The van der Waals surface area contributed by atoms with Gasteiger partial charge in [-0.3, -0.25) is 0 Å². The first kappa shape index (κ1) is 13.7. The summed E-state index contributed by atoms with van der Waals surface area (Å²) in [4.78, 5) is 0. The quantitative estimate of drug-likeness (QED) is 0.784. The lowest BCUT2D eigenvalue weighted by Gasteiger charge is -2.06. The van der Waals surface area contributed by atoms with E-state index < -0.39 is 0 Å². The van der Waals surface area contributed by atoms with Crippen molar-refractivity contribution in [3.63, 3.8) is 0 Å². The Balaban J connectivity index is 2.07. The summed E-state index contributed by atoms with van der Waals surface area (Å²) in [6.07, 6.45) is 0. The van der Waals surface area contributed by atoms with Gasteiger partial charge in [-0.1, -0.05) is 24.3 Å². The highest BCUT2D eigenvalue weighted by Gasteiger charge is 2.11. The third-order valence-electron chi connectivity index (χ3n) is 3.18. The van der Waals surface area contributed by atoms with Gasteiger partial charge < -0.3 is 10.5 Å². The van der Waals surface area contributed by atoms with Gasteiger partial charge >= 0.3 is 0 Å². The van der Waals surface area contributed by atoms with E-state index in [1.807, 2.05) is 54.6 Å². The maximum Gasteiger partial charge on any atom is 0.127 e. The molecule has 0 unspecified atom stereocenters. The molecule has 0 radical (unpaired) electrons. The number of nitrogens with zero attached hydrogens (tertiary/aromatic N) is 2. The van der Waals surface area contributed by atoms with Gasteiger partial charge in [0.05, 0.1) is 18.5 Å². The standard InChI is InChI=1S/C16H14BrN3O/c1-21-12-6-4-5-11(9-12)14-10-16(18)20(19-14)15-8-3-2-7-13(15)17/h2-10H,18H2,1H3. The predicted octanol–water partition coefficient (Wildman–Crippen LogP) is 3.89. The van der Waals surface area contributed by atoms with Crippen LogP contribution >= 0.6 is 15.9 Å². The molecule has 0 bridgehead atoms. The van der Waals surface area contributed by atoms with Gasteiger partial charge in [-0.05, 0) is 40.2 Å². The zero-order valence-corrected chi connectivity index (χ0v) is 13.0. The van der Waals surface area contributed by atoms with Gasteiger partial charge in [-0.2, -0.15) is 5.10 Å². The van der Waals surface area contributed by atoms with Crippen LogP contribution in [0.2, 0.25) is 0 Å². The molecule has 21 heavy (non-hydrogen) atoms. The van der Waals surface area contributed by atoms with E-state index in [4.69, 9.17) is 10.5 Å². The summed E-state index contributed by atoms with van der Waals surface area (Å²) in [7, 11) is 1.65. The number of hydrogen-bond acceptors (Lipinski definition) is 3. The molecule has 3 aromatic rings. The molecule has 0 aliphatic carbocycles. The van der Waals surface area contributed by atoms with E-state index in [9.17, 15) is 0 Å². The van der Waals surface area contributed by atoms with E-state index >= 15 is 0 Å². The number of hydrogen-bond donors (Lipinski definition) is 1. The summed E-state index contributed by atoms with van der Waals surface area (Å²) in [6, 6.07) is 17.4. The fraction of sp³-hybridized carbons (Fsp3) is 0.0625. The fourth-order valence-corrected chi connectivity index (χ4v) is 2.59. The zero-order valence-electron chi connectivity index (χ0n) is 11.5. The van der Waals surface area contributed by atoms with Crippen molar-refractivity contribution in [2.45, 2.75) is 0 Å². The number of rotatable bonds is 3. The van der Waals surface area contributed by atoms with Crippen molar-refractivity contribution in [2.24, 2.45) is 0 Å². The minimum atomic E-state index is 0.583. The number of benzene rings is 2. The van der Waals surface area contributed by atoms with Gasteiger partial charge in [0.15, 0.2) is 0 Å². The molecule has 3 rings (SSSR count). The van der Waals surface area contributed by atoms with Crippen molar-refractivity contribution in [2.75, 3.05) is 12.8 Å². The molecule has 2 aromatic carbocycles. The minimum absolute atomic E-state index is 0.583. The summed E-state index contributed by atoms with van der Waals surface area (Å²) in [5.74, 6) is 1.38. The number of para-hydroxylation sites is 1. The lowest BCUT2D eigenvalue weighted by Crippen LogP contribution is -2.02. The summed E-state index contributed by atoms with van der Waals surface area (Å²) in [6.45, 7) is 0. The van der Waals surface area contributed by atoms with Crippen LogP contribution < -0.4 is 10.5 Å². The molecule has 0 saturated carbocycles. The van der Waals surface area contributed by atoms with Gasteiger partial charge in [0.2, 0.25) is 0 Å². The molecule has 1 heterocycles. The predicted molar refractivity (Wildman–Crippen MR) is 87.7 cm³/mol. The molecule has 0 aliphatic heterocycles. The molecule has 0 saturated heterocycles. The van der Waals surface area contributed by atoms with Crippen LogP contribution in [0.25, 0.3) is 16.9 Å². The van der Waals surface area contributed by atoms with Crippen LogP contribution in [0.15, 0.2) is 59.1 Å². The molecule has 1 aromatic heterocycles. The first-order valence-electron chi connectivity index (χ1n) is 6.44. The van der Waals surface area contributed by atoms with E-state index in [1.165, 1.54) is 0 Å². The van der Waals surface area contributed by atoms with Gasteiger partial charge in [-0.15, -0.1) is 0 Å². The van der Waals surface area contributed by atoms with Crippen molar-refractivity contribution >= 4 is 21.7 Å². The highest BCUT2D eigenvalue weighted by atomic mass is 79.9. The van der Waals surface area contributed by atoms with Crippen molar-refractivity contribution in [3.8, 4) is 22.7 Å². The van der Waals surface area contributed by atoms with Crippen LogP contribution in [0.3, 0.4) is 0 Å². The van der Waals surface area contributed by atoms with Gasteiger partial charge in [0, 0.05) is 16.1 Å². The second kappa shape index (κ2) is 5.61. The maximum absolute atomic E-state index is 6.10. The van der Waals surface area contributed by atoms with Gasteiger partial charge in [0.25, 0.3) is 0 Å². The highest BCUT2D eigenvalue weighted by Crippen LogP contribution is 2.28. The molecule has 5 heteroatoms. The Morgan fingerprint density at radius 1 is 1.10 bits per heavy atom. The van der Waals surface area contributed by atoms with Crippen LogP contribution in [0.1, 0.15) is 0 Å². The van der Waals surface area contributed by atoms with Crippen molar-refractivity contribution in [1.82, 2.24) is 9.78 Å². The monoisotopic (exact) mass is 343 g/mol. The number of methoxy groups -OCH3 is 1. The van der Waals surface area contributed by atoms with E-state index in [-0.39, 0.29) is 0 Å². The van der Waals surface area contributed by atoms with Crippen molar-refractivity contribution in [1.29, 1.82) is 0 Å². The average Bonchev–Trinajstić information content (AvgIpc) is 2.90. The smallest absolute Gasteiger partial charge is 0.127 e. The molecule has 106 valence electrons. The number of aromatic nitrogens is 2. The van der Waals surface area contributed by atoms with E-state index in [2.05, 4.69) is 21.0 Å². The topological polar surface area (TPSA) is 53.1 Å². The molecular formula is C16H14BrN3O. The molecular weight excluding hydrogens is 330 g/mol. The highest BCUT2D eigenvalue weighted by molar-refractivity contribution is 9.10. The Morgan fingerprint density at radius 3 is 2.67 bits per heavy atom. The lowest BCUT2D eigenvalue weighted by molar-refractivity contribution is 0.415. The first-order chi connectivity index (χ1) is 10.2. The zero-order chi connectivity index (χ0) is 14.8. The van der Waals surface area contributed by atoms with E-state index in [1.54, 1.807) is 11.8 Å². The molecule has 0 amide bonds. The third kappa shape index (κ3) is 2.64. The Morgan fingerprint density at radius 2 is 1.90 bits per heavy atom. The largest absolute Gasteiger partial charge is 0.497 e. The molecule has 0 aliphatic rings. The number of ether oxygens (including phenoxy) is 1. The second-order valence-corrected chi connectivity index (χ2v) is 5.40. The van der Waals surface area contributed by atoms with Crippen molar-refractivity contribution in [3.05, 3.63) is 59.1 Å². The fourth-order valence-electron chi connectivity index (χ4n) is 2.14. The van der Waals surface area contributed by atoms with E-state index in [0.717, 1.165) is 27.2 Å². The number of anilines is 1. The van der Waals surface area contributed by atoms with Crippen LogP contribution in [-0.4, -0.2) is 16.9 Å². The molecule has 0 atom stereocenters. The molecule has 0 spiro atoms. The number of halogens is 1. The summed E-state index contributed by atoms with van der Waals surface area (Å²) >= 11 is 3.52. The molecule has 4 nitrogen and oxygen atoms in total. The van der Waals surface area contributed by atoms with Gasteiger partial charge in [0.1, 0.15) is 11.6 Å². The normalized spacial score (nSPS) is 10.6. The third-order valence-corrected chi connectivity index (χ3v) is 3.85. The maximum atomic E-state index is 6.10. The summed E-state index contributed by atoms with van der Waals surface area (Å²) < 4.78 is 7.91. The van der Waals surface area contributed by atoms with Gasteiger partial charge in [-0.25, -0.2) is 4.68 Å². The number of nitrogen functional groups attached to an aromatic ring is 1. The first-order valence-corrected chi connectivity index (χ1v) is 7.23. The number of nitrogens with two attached hydrogens (primary N) is 1. The van der Waals surface area contributed by atoms with E-state index in [0.29, 0.717) is 5.82 Å². The minimum Gasteiger partial charge on any atom is -0.497 e. The Bertz CT molecular complexity index is 783. The van der Waals surface area contributed by atoms with Crippen LogP contribution in [-0.2, 0) is 0 Å². The Labute approximate surface area is 131 Å². The van der Waals surface area contributed by atoms with Crippen LogP contribution in [0.5, 0.6) is 5.75 Å². The molecule has 2 N–H and O–H groups in total. The summed E-state index contributed by atoms with van der Waals surface area (Å²) in [5, 5.41) is 4.59. The van der Waals surface area contributed by atoms with Crippen molar-refractivity contribution < 1.29 is 4.74 Å². The van der Waals surface area contributed by atoms with Crippen LogP contribution in [0, 0.1) is 0 Å². The molecule has 0 fully saturated rings.